The number of aryl methyl sites for hydroxylation is 2. The van der Waals surface area contributed by atoms with Crippen molar-refractivity contribution in [1.29, 1.82) is 0 Å². The maximum atomic E-state index is 12.3. The van der Waals surface area contributed by atoms with Crippen LogP contribution in [0.15, 0.2) is 52.9 Å². The highest BCUT2D eigenvalue weighted by atomic mass is 16.6. The molecule has 0 fully saturated rings. The van der Waals surface area contributed by atoms with Crippen LogP contribution < -0.4 is 14.8 Å². The summed E-state index contributed by atoms with van der Waals surface area (Å²) in [6.07, 6.45) is 0.828. The van der Waals surface area contributed by atoms with E-state index >= 15 is 0 Å². The van der Waals surface area contributed by atoms with Gasteiger partial charge in [0.15, 0.2) is 11.5 Å². The Balaban J connectivity index is 1.38. The van der Waals surface area contributed by atoms with E-state index in [1.54, 1.807) is 18.2 Å². The monoisotopic (exact) mass is 364 g/mol. The summed E-state index contributed by atoms with van der Waals surface area (Å²) in [7, 11) is 0. The number of hydrogen-bond acceptors (Lipinski definition) is 5. The van der Waals surface area contributed by atoms with Gasteiger partial charge in [0.2, 0.25) is 11.8 Å². The Kier molecular flexibility index (Phi) is 4.78. The minimum absolute atomic E-state index is 0.0876. The van der Waals surface area contributed by atoms with Crippen molar-refractivity contribution in [3.63, 3.8) is 0 Å². The molecule has 6 nitrogen and oxygen atoms in total. The van der Waals surface area contributed by atoms with Crippen LogP contribution in [0.25, 0.3) is 11.5 Å². The van der Waals surface area contributed by atoms with E-state index in [0.29, 0.717) is 49.1 Å². The van der Waals surface area contributed by atoms with Crippen LogP contribution in [0.2, 0.25) is 0 Å². The minimum Gasteiger partial charge on any atom is -0.486 e. The number of carbonyl (C=O) groups is 1. The summed E-state index contributed by atoms with van der Waals surface area (Å²) in [6, 6.07) is 15.1. The fraction of sp³-hybridized carbons (Fsp3) is 0.238. The Morgan fingerprint density at radius 3 is 2.67 bits per heavy atom. The summed E-state index contributed by atoms with van der Waals surface area (Å²) in [6.45, 7) is 2.92. The van der Waals surface area contributed by atoms with Crippen molar-refractivity contribution in [3.8, 4) is 23.0 Å². The summed E-state index contributed by atoms with van der Waals surface area (Å²) in [4.78, 5) is 16.8. The first-order valence-electron chi connectivity index (χ1n) is 8.90. The number of anilines is 1. The standard InChI is InChI=1S/C21H20N2O4/c1-14-17(23-21(27-14)15-5-3-2-4-6-15)8-10-20(24)22-16-7-9-18-19(13-16)26-12-11-25-18/h2-7,9,13H,8,10-12H2,1H3,(H,22,24). The van der Waals surface area contributed by atoms with Crippen molar-refractivity contribution < 1.29 is 18.7 Å². The van der Waals surface area contributed by atoms with Crippen molar-refractivity contribution in [3.05, 3.63) is 60.0 Å². The highest BCUT2D eigenvalue weighted by Gasteiger charge is 2.15. The normalized spacial score (nSPS) is 12.6. The van der Waals surface area contributed by atoms with E-state index in [9.17, 15) is 4.79 Å². The fourth-order valence-electron chi connectivity index (χ4n) is 2.94. The Bertz CT molecular complexity index is 950. The van der Waals surface area contributed by atoms with Crippen LogP contribution in [-0.4, -0.2) is 24.1 Å². The smallest absolute Gasteiger partial charge is 0.226 e. The van der Waals surface area contributed by atoms with Crippen molar-refractivity contribution in [2.75, 3.05) is 18.5 Å². The number of rotatable bonds is 5. The SMILES string of the molecule is Cc1oc(-c2ccccc2)nc1CCC(=O)Nc1ccc2c(c1)OCCO2. The lowest BCUT2D eigenvalue weighted by molar-refractivity contribution is -0.116. The molecule has 27 heavy (non-hydrogen) atoms. The predicted molar refractivity (Wildman–Crippen MR) is 101 cm³/mol. The number of carbonyl (C=O) groups excluding carboxylic acids is 1. The number of benzene rings is 2. The number of nitrogens with zero attached hydrogens (tertiary/aromatic N) is 1. The number of ether oxygens (including phenoxy) is 2. The van der Waals surface area contributed by atoms with Gasteiger partial charge in [-0.1, -0.05) is 18.2 Å². The van der Waals surface area contributed by atoms with Gasteiger partial charge in [-0.15, -0.1) is 0 Å². The molecule has 0 saturated carbocycles. The Morgan fingerprint density at radius 2 is 1.85 bits per heavy atom. The van der Waals surface area contributed by atoms with Gasteiger partial charge in [0, 0.05) is 30.2 Å². The molecule has 138 valence electrons. The molecule has 1 aliphatic rings. The van der Waals surface area contributed by atoms with Gasteiger partial charge in [0.05, 0.1) is 5.69 Å². The van der Waals surface area contributed by atoms with Gasteiger partial charge in [-0.3, -0.25) is 4.79 Å². The maximum absolute atomic E-state index is 12.3. The lowest BCUT2D eigenvalue weighted by Crippen LogP contribution is -2.16. The van der Waals surface area contributed by atoms with E-state index in [-0.39, 0.29) is 5.91 Å². The van der Waals surface area contributed by atoms with Gasteiger partial charge in [-0.05, 0) is 31.2 Å². The first-order chi connectivity index (χ1) is 13.2. The van der Waals surface area contributed by atoms with Gasteiger partial charge in [-0.25, -0.2) is 4.98 Å². The molecule has 2 heterocycles. The number of hydrogen-bond donors (Lipinski definition) is 1. The molecule has 0 aliphatic carbocycles. The summed E-state index contributed by atoms with van der Waals surface area (Å²) < 4.78 is 16.8. The average molecular weight is 364 g/mol. The third kappa shape index (κ3) is 3.95. The molecule has 3 aromatic rings. The molecule has 0 atom stereocenters. The second-order valence-electron chi connectivity index (χ2n) is 6.29. The highest BCUT2D eigenvalue weighted by molar-refractivity contribution is 5.91. The van der Waals surface area contributed by atoms with Crippen molar-refractivity contribution in [2.24, 2.45) is 0 Å². The molecule has 0 radical (unpaired) electrons. The second kappa shape index (κ2) is 7.53. The summed E-state index contributed by atoms with van der Waals surface area (Å²) in [5, 5.41) is 2.89. The van der Waals surface area contributed by atoms with Crippen LogP contribution in [0.4, 0.5) is 5.69 Å². The van der Waals surface area contributed by atoms with Crippen molar-refractivity contribution in [1.82, 2.24) is 4.98 Å². The third-order valence-electron chi connectivity index (χ3n) is 4.33. The Labute approximate surface area is 157 Å². The summed E-state index contributed by atoms with van der Waals surface area (Å²) >= 11 is 0. The number of amides is 1. The van der Waals surface area contributed by atoms with E-state index in [2.05, 4.69) is 10.3 Å². The van der Waals surface area contributed by atoms with E-state index < -0.39 is 0 Å². The molecule has 6 heteroatoms. The molecule has 0 unspecified atom stereocenters. The summed E-state index contributed by atoms with van der Waals surface area (Å²) in [5.74, 6) is 2.58. The largest absolute Gasteiger partial charge is 0.486 e. The molecule has 1 aromatic heterocycles. The number of fused-ring (bicyclic) bond motifs is 1. The molecule has 0 bridgehead atoms. The molecule has 0 saturated heterocycles. The zero-order valence-electron chi connectivity index (χ0n) is 15.0. The van der Waals surface area contributed by atoms with Crippen LogP contribution in [0.5, 0.6) is 11.5 Å². The third-order valence-corrected chi connectivity index (χ3v) is 4.33. The van der Waals surface area contributed by atoms with E-state index in [1.165, 1.54) is 0 Å². The lowest BCUT2D eigenvalue weighted by atomic mass is 10.2. The zero-order valence-corrected chi connectivity index (χ0v) is 15.0. The lowest BCUT2D eigenvalue weighted by Gasteiger charge is -2.19. The van der Waals surface area contributed by atoms with E-state index in [1.807, 2.05) is 37.3 Å². The van der Waals surface area contributed by atoms with E-state index in [4.69, 9.17) is 13.9 Å². The van der Waals surface area contributed by atoms with Crippen LogP contribution >= 0.6 is 0 Å². The van der Waals surface area contributed by atoms with Gasteiger partial charge in [0.1, 0.15) is 19.0 Å². The van der Waals surface area contributed by atoms with Crippen LogP contribution in [0, 0.1) is 6.92 Å². The predicted octanol–water partition coefficient (Wildman–Crippen LogP) is 3.99. The number of nitrogens with one attached hydrogen (secondary N) is 1. The molecule has 1 aliphatic heterocycles. The fourth-order valence-corrected chi connectivity index (χ4v) is 2.94. The number of aromatic nitrogens is 1. The molecule has 2 aromatic carbocycles. The molecular formula is C21H20N2O4. The Morgan fingerprint density at radius 1 is 1.07 bits per heavy atom. The van der Waals surface area contributed by atoms with Crippen LogP contribution in [0.1, 0.15) is 17.9 Å². The molecule has 0 spiro atoms. The van der Waals surface area contributed by atoms with Gasteiger partial charge >= 0.3 is 0 Å². The first-order valence-corrected chi connectivity index (χ1v) is 8.90. The van der Waals surface area contributed by atoms with Crippen molar-refractivity contribution in [2.45, 2.75) is 19.8 Å². The zero-order chi connectivity index (χ0) is 18.6. The second-order valence-corrected chi connectivity index (χ2v) is 6.29. The van der Waals surface area contributed by atoms with Gasteiger partial charge in [0.25, 0.3) is 0 Å². The summed E-state index contributed by atoms with van der Waals surface area (Å²) in [5.41, 5.74) is 2.41. The highest BCUT2D eigenvalue weighted by Crippen LogP contribution is 2.32. The molecular weight excluding hydrogens is 344 g/mol. The van der Waals surface area contributed by atoms with E-state index in [0.717, 1.165) is 17.0 Å². The van der Waals surface area contributed by atoms with Gasteiger partial charge < -0.3 is 19.2 Å². The Hall–Kier alpha value is -3.28. The van der Waals surface area contributed by atoms with Gasteiger partial charge in [-0.2, -0.15) is 0 Å². The van der Waals surface area contributed by atoms with Crippen molar-refractivity contribution >= 4 is 11.6 Å². The molecule has 4 rings (SSSR count). The molecule has 1 N–H and O–H groups in total. The topological polar surface area (TPSA) is 73.6 Å². The average Bonchev–Trinajstić information content (AvgIpc) is 3.08. The number of oxazole rings is 1. The maximum Gasteiger partial charge on any atom is 0.226 e. The minimum atomic E-state index is -0.0876. The van der Waals surface area contributed by atoms with Crippen LogP contribution in [-0.2, 0) is 11.2 Å². The first kappa shape index (κ1) is 17.1. The van der Waals surface area contributed by atoms with Crippen LogP contribution in [0.3, 0.4) is 0 Å². The molecule has 1 amide bonds. The quantitative estimate of drug-likeness (QED) is 0.741.